The lowest BCUT2D eigenvalue weighted by molar-refractivity contribution is 0.0911. The van der Waals surface area contributed by atoms with Gasteiger partial charge in [-0.3, -0.25) is 9.78 Å². The summed E-state index contributed by atoms with van der Waals surface area (Å²) >= 11 is 0. The van der Waals surface area contributed by atoms with Crippen LogP contribution in [0.25, 0.3) is 0 Å². The predicted molar refractivity (Wildman–Crippen MR) is 90.4 cm³/mol. The molecule has 1 fully saturated rings. The Morgan fingerprint density at radius 1 is 1.43 bits per heavy atom. The van der Waals surface area contributed by atoms with E-state index in [1.54, 1.807) is 12.3 Å². The van der Waals surface area contributed by atoms with E-state index in [1.165, 1.54) is 12.6 Å². The largest absolute Gasteiger partial charge is 0.398 e. The van der Waals surface area contributed by atoms with Crippen LogP contribution in [0.3, 0.4) is 0 Å². The van der Waals surface area contributed by atoms with Gasteiger partial charge in [-0.2, -0.15) is 0 Å². The van der Waals surface area contributed by atoms with Crippen LogP contribution < -0.4 is 11.1 Å². The van der Waals surface area contributed by atoms with Crippen LogP contribution in [-0.2, 0) is 0 Å². The van der Waals surface area contributed by atoms with Gasteiger partial charge in [-0.1, -0.05) is 6.92 Å². The Kier molecular flexibility index (Phi) is 9.33. The minimum Gasteiger partial charge on any atom is -0.398 e. The molecular weight excluding hydrogens is 311 g/mol. The second-order valence-electron chi connectivity index (χ2n) is 5.05. The average molecular weight is 335 g/mol. The van der Waals surface area contributed by atoms with E-state index in [2.05, 4.69) is 22.1 Å². The number of pyridine rings is 1. The molecule has 0 aromatic carbocycles. The van der Waals surface area contributed by atoms with Gasteiger partial charge in [0.05, 0.1) is 5.56 Å². The first-order chi connectivity index (χ1) is 9.20. The molecule has 0 unspecified atom stereocenters. The van der Waals surface area contributed by atoms with Crippen LogP contribution in [0, 0.1) is 0 Å². The molecule has 1 saturated heterocycles. The highest BCUT2D eigenvalue weighted by Crippen LogP contribution is 2.13. The number of piperidine rings is 1. The molecule has 3 N–H and O–H groups in total. The van der Waals surface area contributed by atoms with Gasteiger partial charge >= 0.3 is 0 Å². The lowest BCUT2D eigenvalue weighted by Crippen LogP contribution is -2.44. The maximum atomic E-state index is 12.1. The molecule has 0 spiro atoms. The zero-order valence-corrected chi connectivity index (χ0v) is 13.9. The number of nitrogens with one attached hydrogen (secondary N) is 1. The summed E-state index contributed by atoms with van der Waals surface area (Å²) in [5, 5.41) is 3.05. The van der Waals surface area contributed by atoms with Gasteiger partial charge in [0.1, 0.15) is 0 Å². The van der Waals surface area contributed by atoms with E-state index < -0.39 is 0 Å². The average Bonchev–Trinajstić information content (AvgIpc) is 2.42. The Morgan fingerprint density at radius 2 is 2.10 bits per heavy atom. The molecule has 1 aliphatic rings. The maximum absolute atomic E-state index is 12.1. The van der Waals surface area contributed by atoms with Crippen LogP contribution in [0.5, 0.6) is 0 Å². The molecule has 0 aliphatic carbocycles. The van der Waals surface area contributed by atoms with E-state index in [1.807, 2.05) is 0 Å². The number of nitrogens with zero attached hydrogens (tertiary/aromatic N) is 2. The molecule has 2 heterocycles. The Morgan fingerprint density at radius 3 is 2.67 bits per heavy atom. The molecule has 2 rings (SSSR count). The Bertz CT molecular complexity index is 437. The lowest BCUT2D eigenvalue weighted by Gasteiger charge is -2.32. The fourth-order valence-electron chi connectivity index (χ4n) is 2.48. The first-order valence-corrected chi connectivity index (χ1v) is 6.93. The van der Waals surface area contributed by atoms with Crippen LogP contribution >= 0.6 is 24.8 Å². The second kappa shape index (κ2) is 9.82. The number of halogens is 2. The van der Waals surface area contributed by atoms with Crippen molar-refractivity contribution in [3.63, 3.8) is 0 Å². The van der Waals surface area contributed by atoms with Crippen molar-refractivity contribution in [1.82, 2.24) is 15.2 Å². The predicted octanol–water partition coefficient (Wildman–Crippen LogP) is 2.11. The number of anilines is 1. The Balaban J connectivity index is 0.00000200. The van der Waals surface area contributed by atoms with E-state index in [-0.39, 0.29) is 36.8 Å². The van der Waals surface area contributed by atoms with Crippen LogP contribution in [0.4, 0.5) is 5.69 Å². The van der Waals surface area contributed by atoms with Crippen molar-refractivity contribution in [3.8, 4) is 0 Å². The van der Waals surface area contributed by atoms with Gasteiger partial charge in [0, 0.05) is 37.2 Å². The van der Waals surface area contributed by atoms with Gasteiger partial charge < -0.3 is 16.0 Å². The molecule has 120 valence electrons. The van der Waals surface area contributed by atoms with Crippen molar-refractivity contribution in [2.75, 3.05) is 25.4 Å². The number of aromatic nitrogens is 1. The van der Waals surface area contributed by atoms with E-state index in [4.69, 9.17) is 5.73 Å². The van der Waals surface area contributed by atoms with Crippen molar-refractivity contribution < 1.29 is 4.79 Å². The number of amides is 1. The molecule has 0 saturated carbocycles. The summed E-state index contributed by atoms with van der Waals surface area (Å²) in [5.41, 5.74) is 6.73. The first-order valence-electron chi connectivity index (χ1n) is 6.93. The second-order valence-corrected chi connectivity index (χ2v) is 5.05. The van der Waals surface area contributed by atoms with Crippen LogP contribution in [0.1, 0.15) is 36.5 Å². The van der Waals surface area contributed by atoms with Crippen LogP contribution in [0.15, 0.2) is 18.5 Å². The molecule has 1 amide bonds. The number of hydrogen-bond acceptors (Lipinski definition) is 4. The lowest BCUT2D eigenvalue weighted by atomic mass is 10.0. The number of rotatable bonds is 4. The Hall–Kier alpha value is -1.04. The number of hydrogen-bond donors (Lipinski definition) is 2. The third-order valence-corrected chi connectivity index (χ3v) is 3.56. The first kappa shape index (κ1) is 20.0. The van der Waals surface area contributed by atoms with Crippen molar-refractivity contribution in [1.29, 1.82) is 0 Å². The van der Waals surface area contributed by atoms with E-state index in [0.29, 0.717) is 11.3 Å². The smallest absolute Gasteiger partial charge is 0.255 e. The fraction of sp³-hybridized carbons (Fsp3) is 0.571. The number of nitrogen functional groups attached to an aromatic ring is 1. The van der Waals surface area contributed by atoms with E-state index in [9.17, 15) is 4.79 Å². The van der Waals surface area contributed by atoms with Gasteiger partial charge in [-0.15, -0.1) is 24.8 Å². The molecule has 7 heteroatoms. The summed E-state index contributed by atoms with van der Waals surface area (Å²) in [7, 11) is 0. The third-order valence-electron chi connectivity index (χ3n) is 3.56. The third kappa shape index (κ3) is 5.69. The van der Waals surface area contributed by atoms with Gasteiger partial charge in [-0.05, 0) is 31.9 Å². The summed E-state index contributed by atoms with van der Waals surface area (Å²) in [4.78, 5) is 18.5. The van der Waals surface area contributed by atoms with Crippen molar-refractivity contribution in [3.05, 3.63) is 24.0 Å². The molecule has 5 nitrogen and oxygen atoms in total. The number of nitrogens with two attached hydrogens (primary N) is 1. The van der Waals surface area contributed by atoms with E-state index in [0.717, 1.165) is 32.5 Å². The number of carbonyl (C=O) groups is 1. The van der Waals surface area contributed by atoms with Crippen molar-refractivity contribution in [2.24, 2.45) is 0 Å². The molecule has 1 aromatic rings. The standard InChI is InChI=1S/C14H22N4O.2ClH/c1-2-7-18-8-4-11(5-9-18)17-14(19)12-10-16-6-3-13(12)15;;/h3,6,10-11H,2,4-5,7-9H2,1H3,(H2,15,16)(H,17,19);2*1H. The minimum absolute atomic E-state index is 0. The van der Waals surface area contributed by atoms with Crippen LogP contribution in [0.2, 0.25) is 0 Å². The minimum atomic E-state index is -0.112. The topological polar surface area (TPSA) is 71.2 Å². The molecule has 1 aromatic heterocycles. The highest BCUT2D eigenvalue weighted by atomic mass is 35.5. The molecule has 21 heavy (non-hydrogen) atoms. The van der Waals surface area contributed by atoms with Crippen molar-refractivity contribution in [2.45, 2.75) is 32.2 Å². The summed E-state index contributed by atoms with van der Waals surface area (Å²) in [6.45, 7) is 5.46. The fourth-order valence-corrected chi connectivity index (χ4v) is 2.48. The van der Waals surface area contributed by atoms with Gasteiger partial charge in [0.2, 0.25) is 0 Å². The summed E-state index contributed by atoms with van der Waals surface area (Å²) < 4.78 is 0. The van der Waals surface area contributed by atoms with Gasteiger partial charge in [-0.25, -0.2) is 0 Å². The van der Waals surface area contributed by atoms with E-state index >= 15 is 0 Å². The molecular formula is C14H24Cl2N4O. The SMILES string of the molecule is CCCN1CCC(NC(=O)c2cnccc2N)CC1.Cl.Cl. The van der Waals surface area contributed by atoms with Crippen LogP contribution in [-0.4, -0.2) is 41.5 Å². The summed E-state index contributed by atoms with van der Waals surface area (Å²) in [6, 6.07) is 1.90. The maximum Gasteiger partial charge on any atom is 0.255 e. The summed E-state index contributed by atoms with van der Waals surface area (Å²) in [5.74, 6) is -0.112. The zero-order chi connectivity index (χ0) is 13.7. The monoisotopic (exact) mass is 334 g/mol. The normalized spacial score (nSPS) is 15.7. The highest BCUT2D eigenvalue weighted by Gasteiger charge is 2.21. The Labute approximate surface area is 138 Å². The van der Waals surface area contributed by atoms with Crippen molar-refractivity contribution >= 4 is 36.4 Å². The summed E-state index contributed by atoms with van der Waals surface area (Å²) in [6.07, 6.45) is 6.31. The van der Waals surface area contributed by atoms with Gasteiger partial charge in [0.15, 0.2) is 0 Å². The number of carbonyl (C=O) groups excluding carboxylic acids is 1. The highest BCUT2D eigenvalue weighted by molar-refractivity contribution is 5.98. The number of likely N-dealkylation sites (tertiary alicyclic amines) is 1. The van der Waals surface area contributed by atoms with Gasteiger partial charge in [0.25, 0.3) is 5.91 Å². The molecule has 1 aliphatic heterocycles. The molecule has 0 radical (unpaired) electrons. The molecule has 0 atom stereocenters. The molecule has 0 bridgehead atoms. The quantitative estimate of drug-likeness (QED) is 0.884. The zero-order valence-electron chi connectivity index (χ0n) is 12.2.